The molecule has 67 heavy (non-hydrogen) atoms. The van der Waals surface area contributed by atoms with Gasteiger partial charge in [-0.25, -0.2) is 0 Å². The third-order valence-corrected chi connectivity index (χ3v) is 16.0. The van der Waals surface area contributed by atoms with Crippen LogP contribution in [0.2, 0.25) is 0 Å². The maximum absolute atomic E-state index is 2.54. The molecule has 0 amide bonds. The van der Waals surface area contributed by atoms with Crippen molar-refractivity contribution in [2.45, 2.75) is 31.1 Å². The number of hydrogen-bond donors (Lipinski definition) is 0. The lowest BCUT2D eigenvalue weighted by atomic mass is 9.67. The lowest BCUT2D eigenvalue weighted by Crippen LogP contribution is -2.28. The Labute approximate surface area is 389 Å². The zero-order valence-electron chi connectivity index (χ0n) is 37.4. The Balaban J connectivity index is 0.940. The minimum Gasteiger partial charge on any atom is -0.309 e. The SMILES string of the molecule is CC1(C)c2ccccc2-c2ccc3c4ccccc4n(-c4ccc(C5(c6ccc(-n7c8ccccc8c8ccc9c(c87)Cc7ccccc7-9)cc6)c6ccccc6-c6ccccc65)cc4)c3c21. The van der Waals surface area contributed by atoms with Crippen LogP contribution in [-0.4, -0.2) is 9.13 Å². The molecular weight excluding hydrogens is 809 g/mol. The lowest BCUT2D eigenvalue weighted by Gasteiger charge is -2.34. The first-order chi connectivity index (χ1) is 33.0. The smallest absolute Gasteiger partial charge is 0.0713 e. The van der Waals surface area contributed by atoms with Crippen molar-refractivity contribution in [2.24, 2.45) is 0 Å². The molecule has 0 fully saturated rings. The molecule has 2 heteroatoms. The van der Waals surface area contributed by atoms with E-state index in [2.05, 4.69) is 241 Å². The first-order valence-electron chi connectivity index (χ1n) is 23.7. The molecule has 0 radical (unpaired) electrons. The van der Waals surface area contributed by atoms with Crippen molar-refractivity contribution in [1.82, 2.24) is 9.13 Å². The molecule has 0 saturated heterocycles. The average molecular weight is 853 g/mol. The topological polar surface area (TPSA) is 9.86 Å². The summed E-state index contributed by atoms with van der Waals surface area (Å²) in [7, 11) is 0. The van der Waals surface area contributed by atoms with Gasteiger partial charge in [-0.15, -0.1) is 0 Å². The fraction of sp³-hybridized carbons (Fsp3) is 0.0769. The monoisotopic (exact) mass is 852 g/mol. The number of para-hydroxylation sites is 2. The van der Waals surface area contributed by atoms with Crippen LogP contribution in [0, 0.1) is 0 Å². The van der Waals surface area contributed by atoms with Gasteiger partial charge in [0.15, 0.2) is 0 Å². The van der Waals surface area contributed by atoms with Gasteiger partial charge >= 0.3 is 0 Å². The fourth-order valence-corrected chi connectivity index (χ4v) is 13.3. The predicted octanol–water partition coefficient (Wildman–Crippen LogP) is 16.1. The highest BCUT2D eigenvalue weighted by Crippen LogP contribution is 2.57. The van der Waals surface area contributed by atoms with Gasteiger partial charge in [-0.1, -0.05) is 196 Å². The minimum absolute atomic E-state index is 0.157. The third kappa shape index (κ3) is 4.69. The fourth-order valence-electron chi connectivity index (χ4n) is 13.3. The van der Waals surface area contributed by atoms with E-state index < -0.39 is 5.41 Å². The normalized spacial score (nSPS) is 14.6. The summed E-state index contributed by atoms with van der Waals surface area (Å²) >= 11 is 0. The number of aromatic nitrogens is 2. The zero-order valence-corrected chi connectivity index (χ0v) is 37.4. The summed E-state index contributed by atoms with van der Waals surface area (Å²) in [6, 6.07) is 82.6. The van der Waals surface area contributed by atoms with Gasteiger partial charge in [0.1, 0.15) is 0 Å². The van der Waals surface area contributed by atoms with E-state index in [0.29, 0.717) is 0 Å². The van der Waals surface area contributed by atoms with Gasteiger partial charge in [-0.2, -0.15) is 0 Å². The summed E-state index contributed by atoms with van der Waals surface area (Å²) < 4.78 is 5.07. The molecule has 2 nitrogen and oxygen atoms in total. The second-order valence-electron chi connectivity index (χ2n) is 19.5. The first kappa shape index (κ1) is 37.1. The molecule has 2 heterocycles. The summed E-state index contributed by atoms with van der Waals surface area (Å²) in [5.74, 6) is 0. The van der Waals surface area contributed by atoms with Crippen LogP contribution in [-0.2, 0) is 17.3 Å². The first-order valence-corrected chi connectivity index (χ1v) is 23.7. The molecule has 3 aliphatic rings. The highest BCUT2D eigenvalue weighted by molar-refractivity contribution is 6.14. The number of fused-ring (bicyclic) bond motifs is 17. The van der Waals surface area contributed by atoms with Crippen LogP contribution >= 0.6 is 0 Å². The summed E-state index contributed by atoms with van der Waals surface area (Å²) in [5, 5.41) is 5.18. The maximum atomic E-state index is 2.54. The third-order valence-electron chi connectivity index (χ3n) is 16.0. The molecule has 0 unspecified atom stereocenters. The van der Waals surface area contributed by atoms with E-state index in [1.54, 1.807) is 0 Å². The predicted molar refractivity (Wildman–Crippen MR) is 278 cm³/mol. The van der Waals surface area contributed by atoms with Crippen LogP contribution in [0.3, 0.4) is 0 Å². The van der Waals surface area contributed by atoms with Gasteiger partial charge < -0.3 is 9.13 Å². The van der Waals surface area contributed by atoms with Gasteiger partial charge in [-0.05, 0) is 114 Å². The molecule has 0 spiro atoms. The zero-order chi connectivity index (χ0) is 44.2. The summed E-state index contributed by atoms with van der Waals surface area (Å²) in [5.41, 5.74) is 25.5. The number of hydrogen-bond acceptors (Lipinski definition) is 0. The number of nitrogens with zero attached hydrogens (tertiary/aromatic N) is 2. The molecule has 314 valence electrons. The number of rotatable bonds is 4. The highest BCUT2D eigenvalue weighted by atomic mass is 15.0. The van der Waals surface area contributed by atoms with E-state index in [0.717, 1.165) is 6.42 Å². The Morgan fingerprint density at radius 1 is 0.343 bits per heavy atom. The summed E-state index contributed by atoms with van der Waals surface area (Å²) in [6.07, 6.45) is 0.937. The molecule has 3 aliphatic carbocycles. The van der Waals surface area contributed by atoms with Gasteiger partial charge in [0.2, 0.25) is 0 Å². The molecule has 15 rings (SSSR count). The van der Waals surface area contributed by atoms with E-state index in [-0.39, 0.29) is 5.41 Å². The van der Waals surface area contributed by atoms with Gasteiger partial charge in [0, 0.05) is 44.8 Å². The Bertz CT molecular complexity index is 4030. The maximum Gasteiger partial charge on any atom is 0.0713 e. The molecule has 0 saturated carbocycles. The van der Waals surface area contributed by atoms with Crippen LogP contribution in [0.1, 0.15) is 58.4 Å². The van der Waals surface area contributed by atoms with E-state index in [4.69, 9.17) is 0 Å². The molecule has 12 aromatic rings. The molecule has 0 N–H and O–H groups in total. The van der Waals surface area contributed by atoms with Crippen molar-refractivity contribution in [3.63, 3.8) is 0 Å². The Morgan fingerprint density at radius 3 is 1.39 bits per heavy atom. The molecule has 0 aliphatic heterocycles. The summed E-state index contributed by atoms with van der Waals surface area (Å²) in [6.45, 7) is 4.80. The Morgan fingerprint density at radius 2 is 0.791 bits per heavy atom. The summed E-state index contributed by atoms with van der Waals surface area (Å²) in [4.78, 5) is 0. The second-order valence-corrected chi connectivity index (χ2v) is 19.5. The quantitative estimate of drug-likeness (QED) is 0.167. The standard InChI is InChI=1S/C65H44N2/c1-64(2)56-22-10-5-19-49(56)52-36-38-54-51-21-9-14-26-60(51)67(63(54)61(52)64)44-33-29-42(30-34-44)65(57-23-11-6-17-47(57)48-18-7-12-24-58(48)65)41-27-31-43(32-28-41)66-59-25-13-8-20-50(59)53-37-35-46-45-16-4-3-15-40(45)39-55(46)62(53)66/h3-38H,39H2,1-2H3. The van der Waals surface area contributed by atoms with Crippen molar-refractivity contribution in [3.05, 3.63) is 263 Å². The average Bonchev–Trinajstić information content (AvgIpc) is 4.16. The van der Waals surface area contributed by atoms with Crippen LogP contribution in [0.25, 0.3) is 88.4 Å². The van der Waals surface area contributed by atoms with E-state index in [1.165, 1.54) is 133 Å². The largest absolute Gasteiger partial charge is 0.309 e. The van der Waals surface area contributed by atoms with Crippen LogP contribution in [0.15, 0.2) is 218 Å². The van der Waals surface area contributed by atoms with E-state index in [9.17, 15) is 0 Å². The van der Waals surface area contributed by atoms with Crippen LogP contribution in [0.4, 0.5) is 0 Å². The van der Waals surface area contributed by atoms with Crippen LogP contribution in [0.5, 0.6) is 0 Å². The Kier molecular flexibility index (Phi) is 7.31. The van der Waals surface area contributed by atoms with E-state index >= 15 is 0 Å². The van der Waals surface area contributed by atoms with Gasteiger partial charge in [0.25, 0.3) is 0 Å². The van der Waals surface area contributed by atoms with Crippen molar-refractivity contribution in [3.8, 4) is 44.8 Å². The molecule has 10 aromatic carbocycles. The molecule has 0 atom stereocenters. The minimum atomic E-state index is -0.542. The molecule has 0 bridgehead atoms. The molecule has 2 aromatic heterocycles. The van der Waals surface area contributed by atoms with Crippen molar-refractivity contribution in [2.75, 3.05) is 0 Å². The molecular formula is C65H44N2. The van der Waals surface area contributed by atoms with E-state index in [1.807, 2.05) is 0 Å². The van der Waals surface area contributed by atoms with Gasteiger partial charge in [-0.3, -0.25) is 0 Å². The Hall–Kier alpha value is -8.20. The van der Waals surface area contributed by atoms with Crippen LogP contribution < -0.4 is 0 Å². The lowest BCUT2D eigenvalue weighted by molar-refractivity contribution is 0.664. The second kappa shape index (κ2) is 13.2. The van der Waals surface area contributed by atoms with Crippen molar-refractivity contribution in [1.29, 1.82) is 0 Å². The van der Waals surface area contributed by atoms with Crippen molar-refractivity contribution < 1.29 is 0 Å². The number of benzene rings is 10. The van der Waals surface area contributed by atoms with Gasteiger partial charge in [0.05, 0.1) is 27.5 Å². The van der Waals surface area contributed by atoms with Crippen molar-refractivity contribution >= 4 is 43.6 Å². The highest BCUT2D eigenvalue weighted by Gasteiger charge is 2.46.